The molecule has 1 saturated heterocycles. The molecule has 0 saturated carbocycles. The van der Waals surface area contributed by atoms with E-state index in [2.05, 4.69) is 25.7 Å². The number of aromatic nitrogens is 1. The molecule has 31 heavy (non-hydrogen) atoms. The van der Waals surface area contributed by atoms with Crippen LogP contribution >= 0.6 is 0 Å². The average molecular weight is 438 g/mol. The van der Waals surface area contributed by atoms with Gasteiger partial charge in [-0.1, -0.05) is 30.3 Å². The number of piperidine rings is 1. The molecular formula is C22H30F3N5O. The van der Waals surface area contributed by atoms with Crippen LogP contribution < -0.4 is 10.6 Å². The standard InChI is InChI=1S/C22H30F3N5O/c1-3-18-13-20(31-29-18)14-27-21(26-4-2)28-19-8-10-30(11-9-19)15-16-6-5-7-17(12-16)22(23,24)25/h5-7,12-13,19H,3-4,8-11,14-15H2,1-2H3,(H2,26,27,28). The van der Waals surface area contributed by atoms with Crippen molar-refractivity contribution in [2.75, 3.05) is 19.6 Å². The molecule has 6 nitrogen and oxygen atoms in total. The second-order valence-electron chi connectivity index (χ2n) is 7.73. The van der Waals surface area contributed by atoms with Gasteiger partial charge in [-0.3, -0.25) is 4.90 Å². The molecule has 1 aromatic carbocycles. The van der Waals surface area contributed by atoms with Crippen molar-refractivity contribution in [3.05, 3.63) is 52.9 Å². The summed E-state index contributed by atoms with van der Waals surface area (Å²) < 4.78 is 44.1. The fourth-order valence-electron chi connectivity index (χ4n) is 3.61. The van der Waals surface area contributed by atoms with Gasteiger partial charge in [-0.15, -0.1) is 0 Å². The number of rotatable bonds is 7. The van der Waals surface area contributed by atoms with Crippen LogP contribution in [0.3, 0.4) is 0 Å². The Hall–Kier alpha value is -2.55. The maximum Gasteiger partial charge on any atom is 0.416 e. The van der Waals surface area contributed by atoms with Crippen molar-refractivity contribution in [2.24, 2.45) is 4.99 Å². The molecule has 9 heteroatoms. The van der Waals surface area contributed by atoms with Crippen molar-refractivity contribution in [3.8, 4) is 0 Å². The van der Waals surface area contributed by atoms with E-state index in [1.165, 1.54) is 12.1 Å². The largest absolute Gasteiger partial charge is 0.416 e. The van der Waals surface area contributed by atoms with Crippen molar-refractivity contribution in [1.82, 2.24) is 20.7 Å². The SMILES string of the molecule is CCNC(=NCc1cc(CC)no1)NC1CCN(Cc2cccc(C(F)(F)F)c2)CC1. The molecule has 0 radical (unpaired) electrons. The highest BCUT2D eigenvalue weighted by Gasteiger charge is 2.30. The third-order valence-corrected chi connectivity index (χ3v) is 5.30. The predicted molar refractivity (Wildman–Crippen MR) is 114 cm³/mol. The lowest BCUT2D eigenvalue weighted by Crippen LogP contribution is -2.48. The summed E-state index contributed by atoms with van der Waals surface area (Å²) in [7, 11) is 0. The summed E-state index contributed by atoms with van der Waals surface area (Å²) in [5, 5.41) is 10.7. The monoisotopic (exact) mass is 437 g/mol. The Balaban J connectivity index is 1.50. The number of halogens is 3. The Morgan fingerprint density at radius 2 is 2.00 bits per heavy atom. The van der Waals surface area contributed by atoms with E-state index >= 15 is 0 Å². The molecule has 0 bridgehead atoms. The molecule has 0 aliphatic carbocycles. The third kappa shape index (κ3) is 6.99. The van der Waals surface area contributed by atoms with Crippen LogP contribution in [0, 0.1) is 0 Å². The Morgan fingerprint density at radius 1 is 1.23 bits per heavy atom. The van der Waals surface area contributed by atoms with Gasteiger partial charge in [0.1, 0.15) is 6.54 Å². The summed E-state index contributed by atoms with van der Waals surface area (Å²) in [6, 6.07) is 7.76. The number of likely N-dealkylation sites (tertiary alicyclic amines) is 1. The lowest BCUT2D eigenvalue weighted by molar-refractivity contribution is -0.137. The Kier molecular flexibility index (Phi) is 7.95. The molecule has 2 aromatic rings. The summed E-state index contributed by atoms with van der Waals surface area (Å²) in [6.45, 7) is 7.35. The average Bonchev–Trinajstić information content (AvgIpc) is 3.21. The Morgan fingerprint density at radius 3 is 2.65 bits per heavy atom. The van der Waals surface area contributed by atoms with Crippen LogP contribution in [0.2, 0.25) is 0 Å². The van der Waals surface area contributed by atoms with Crippen LogP contribution in [0.15, 0.2) is 39.8 Å². The number of alkyl halides is 3. The number of benzene rings is 1. The van der Waals surface area contributed by atoms with Crippen molar-refractivity contribution in [1.29, 1.82) is 0 Å². The molecule has 1 aromatic heterocycles. The zero-order chi connectivity index (χ0) is 22.3. The van der Waals surface area contributed by atoms with E-state index < -0.39 is 11.7 Å². The third-order valence-electron chi connectivity index (χ3n) is 5.30. The second kappa shape index (κ2) is 10.7. The first kappa shape index (κ1) is 23.1. The van der Waals surface area contributed by atoms with Crippen LogP contribution in [-0.4, -0.2) is 41.7 Å². The Bertz CT molecular complexity index is 857. The first-order chi connectivity index (χ1) is 14.9. The van der Waals surface area contributed by atoms with Gasteiger partial charge in [0.05, 0.1) is 11.3 Å². The lowest BCUT2D eigenvalue weighted by atomic mass is 10.0. The molecule has 0 atom stereocenters. The van der Waals surface area contributed by atoms with Crippen LogP contribution in [0.5, 0.6) is 0 Å². The quantitative estimate of drug-likeness (QED) is 0.507. The molecule has 1 aliphatic heterocycles. The van der Waals surface area contributed by atoms with Crippen LogP contribution in [0.4, 0.5) is 13.2 Å². The first-order valence-corrected chi connectivity index (χ1v) is 10.7. The second-order valence-corrected chi connectivity index (χ2v) is 7.73. The topological polar surface area (TPSA) is 65.7 Å². The summed E-state index contributed by atoms with van der Waals surface area (Å²) in [6.07, 6.45) is -1.69. The highest BCUT2D eigenvalue weighted by Crippen LogP contribution is 2.30. The molecule has 2 N–H and O–H groups in total. The number of nitrogens with zero attached hydrogens (tertiary/aromatic N) is 3. The lowest BCUT2D eigenvalue weighted by Gasteiger charge is -2.33. The highest BCUT2D eigenvalue weighted by molar-refractivity contribution is 5.80. The van der Waals surface area contributed by atoms with E-state index in [1.54, 1.807) is 6.07 Å². The van der Waals surface area contributed by atoms with Crippen molar-refractivity contribution in [3.63, 3.8) is 0 Å². The summed E-state index contributed by atoms with van der Waals surface area (Å²) in [4.78, 5) is 6.78. The smallest absolute Gasteiger partial charge is 0.359 e. The molecule has 0 spiro atoms. The van der Waals surface area contributed by atoms with E-state index in [-0.39, 0.29) is 6.04 Å². The Labute approximate surface area is 180 Å². The maximum absolute atomic E-state index is 12.9. The maximum atomic E-state index is 12.9. The molecule has 1 aliphatic rings. The van der Waals surface area contributed by atoms with Crippen LogP contribution in [0.25, 0.3) is 0 Å². The minimum absolute atomic E-state index is 0.261. The van der Waals surface area contributed by atoms with Gasteiger partial charge in [0, 0.05) is 38.3 Å². The van der Waals surface area contributed by atoms with E-state index in [0.29, 0.717) is 18.7 Å². The van der Waals surface area contributed by atoms with E-state index in [1.807, 2.05) is 19.9 Å². The van der Waals surface area contributed by atoms with Gasteiger partial charge >= 0.3 is 6.18 Å². The first-order valence-electron chi connectivity index (χ1n) is 10.7. The van der Waals surface area contributed by atoms with E-state index in [0.717, 1.165) is 62.4 Å². The molecule has 0 unspecified atom stereocenters. The van der Waals surface area contributed by atoms with E-state index in [9.17, 15) is 13.2 Å². The van der Waals surface area contributed by atoms with Gasteiger partial charge in [0.2, 0.25) is 0 Å². The number of aryl methyl sites for hydroxylation is 1. The minimum atomic E-state index is -4.31. The van der Waals surface area contributed by atoms with Crippen molar-refractivity contribution in [2.45, 2.75) is 58.4 Å². The van der Waals surface area contributed by atoms with Crippen molar-refractivity contribution >= 4 is 5.96 Å². The molecular weight excluding hydrogens is 407 g/mol. The van der Waals surface area contributed by atoms with E-state index in [4.69, 9.17) is 4.52 Å². The highest BCUT2D eigenvalue weighted by atomic mass is 19.4. The molecule has 3 rings (SSSR count). The molecule has 170 valence electrons. The zero-order valence-electron chi connectivity index (χ0n) is 18.0. The van der Waals surface area contributed by atoms with Crippen LogP contribution in [-0.2, 0) is 25.7 Å². The number of aliphatic imine (C=N–C) groups is 1. The van der Waals surface area contributed by atoms with Gasteiger partial charge < -0.3 is 15.2 Å². The van der Waals surface area contributed by atoms with Gasteiger partial charge in [0.25, 0.3) is 0 Å². The summed E-state index contributed by atoms with van der Waals surface area (Å²) in [5.41, 5.74) is 1.01. The van der Waals surface area contributed by atoms with Gasteiger partial charge in [0.15, 0.2) is 11.7 Å². The number of guanidine groups is 1. The molecule has 2 heterocycles. The van der Waals surface area contributed by atoms with Gasteiger partial charge in [-0.2, -0.15) is 13.2 Å². The number of hydrogen-bond acceptors (Lipinski definition) is 4. The number of nitrogens with one attached hydrogen (secondary N) is 2. The predicted octanol–water partition coefficient (Wildman–Crippen LogP) is 3.98. The van der Waals surface area contributed by atoms with Crippen LogP contribution in [0.1, 0.15) is 49.3 Å². The van der Waals surface area contributed by atoms with Gasteiger partial charge in [-0.05, 0) is 37.8 Å². The minimum Gasteiger partial charge on any atom is -0.359 e. The fraction of sp³-hybridized carbons (Fsp3) is 0.545. The van der Waals surface area contributed by atoms with Gasteiger partial charge in [-0.25, -0.2) is 4.99 Å². The zero-order valence-corrected chi connectivity index (χ0v) is 18.0. The molecule has 0 amide bonds. The van der Waals surface area contributed by atoms with Crippen molar-refractivity contribution < 1.29 is 17.7 Å². The molecule has 1 fully saturated rings. The summed E-state index contributed by atoms with van der Waals surface area (Å²) in [5.74, 6) is 1.46. The summed E-state index contributed by atoms with van der Waals surface area (Å²) >= 11 is 0. The number of hydrogen-bond donors (Lipinski definition) is 2. The normalized spacial score (nSPS) is 16.5. The fourth-order valence-corrected chi connectivity index (χ4v) is 3.61.